The van der Waals surface area contributed by atoms with Gasteiger partial charge in [-0.1, -0.05) is 32.3 Å². The minimum atomic E-state index is -0.904. The highest BCUT2D eigenvalue weighted by Crippen LogP contribution is 2.44. The van der Waals surface area contributed by atoms with Crippen LogP contribution in [0.2, 0.25) is 0 Å². The van der Waals surface area contributed by atoms with Gasteiger partial charge >= 0.3 is 5.97 Å². The first-order valence-corrected chi connectivity index (χ1v) is 15.9. The standard InChI is InChI=1S/C33H37N5O3S/c1-4-8-24-28(19-9-5-6-10-19)21-12-11-20(15-25(21)38(24)34)30(39)36-33(13-7-14-33)32-35-23-16-22-18(2)29(31(40)41)42-27(22)17-26(23)37(32)3/h11-12,15-17,19H,4-10,13-14,34H2,1-3H3,(H,36,39)(H,40,41). The number of carboxylic acids is 1. The first-order valence-electron chi connectivity index (χ1n) is 15.1. The van der Waals surface area contributed by atoms with Crippen molar-refractivity contribution >= 4 is 55.2 Å². The number of benzene rings is 2. The highest BCUT2D eigenvalue weighted by molar-refractivity contribution is 7.21. The number of aromatic carboxylic acids is 1. The average molecular weight is 584 g/mol. The molecule has 3 aromatic heterocycles. The molecule has 5 aromatic rings. The minimum absolute atomic E-state index is 0.118. The van der Waals surface area contributed by atoms with Crippen LogP contribution < -0.4 is 11.2 Å². The van der Waals surface area contributed by atoms with E-state index in [1.165, 1.54) is 53.7 Å². The molecule has 42 heavy (non-hydrogen) atoms. The van der Waals surface area contributed by atoms with E-state index in [0.717, 1.165) is 70.1 Å². The Morgan fingerprint density at radius 3 is 2.55 bits per heavy atom. The van der Waals surface area contributed by atoms with Crippen LogP contribution >= 0.6 is 11.3 Å². The molecule has 3 heterocycles. The van der Waals surface area contributed by atoms with Crippen molar-refractivity contribution in [2.75, 3.05) is 5.84 Å². The van der Waals surface area contributed by atoms with Crippen LogP contribution in [0.25, 0.3) is 32.0 Å². The van der Waals surface area contributed by atoms with Crippen LogP contribution in [0.3, 0.4) is 0 Å². The lowest BCUT2D eigenvalue weighted by Crippen LogP contribution is -2.52. The Morgan fingerprint density at radius 2 is 1.88 bits per heavy atom. The zero-order valence-electron chi connectivity index (χ0n) is 24.4. The summed E-state index contributed by atoms with van der Waals surface area (Å²) in [6, 6.07) is 10.0. The predicted molar refractivity (Wildman–Crippen MR) is 168 cm³/mol. The number of imidazole rings is 1. The fourth-order valence-electron chi connectivity index (χ4n) is 7.45. The van der Waals surface area contributed by atoms with Gasteiger partial charge in [0.15, 0.2) is 0 Å². The van der Waals surface area contributed by atoms with Crippen molar-refractivity contribution in [1.29, 1.82) is 0 Å². The minimum Gasteiger partial charge on any atom is -0.477 e. The zero-order chi connectivity index (χ0) is 29.3. The number of nitrogen functional groups attached to an aromatic ring is 1. The molecule has 0 saturated heterocycles. The lowest BCUT2D eigenvalue weighted by Gasteiger charge is -2.41. The van der Waals surface area contributed by atoms with Gasteiger partial charge in [0.1, 0.15) is 10.7 Å². The number of aryl methyl sites for hydroxylation is 2. The molecule has 1 amide bonds. The zero-order valence-corrected chi connectivity index (χ0v) is 25.2. The molecule has 9 heteroatoms. The molecule has 218 valence electrons. The van der Waals surface area contributed by atoms with E-state index in [2.05, 4.69) is 22.9 Å². The van der Waals surface area contributed by atoms with Gasteiger partial charge in [-0.05, 0) is 92.1 Å². The molecule has 0 radical (unpaired) electrons. The van der Waals surface area contributed by atoms with Crippen molar-refractivity contribution < 1.29 is 14.7 Å². The number of aromatic nitrogens is 3. The molecule has 0 aliphatic heterocycles. The number of amides is 1. The fraction of sp³-hybridized carbons (Fsp3) is 0.424. The monoisotopic (exact) mass is 583 g/mol. The Kier molecular flexibility index (Phi) is 6.34. The van der Waals surface area contributed by atoms with Gasteiger partial charge in [-0.15, -0.1) is 11.3 Å². The number of hydrogen-bond donors (Lipinski definition) is 3. The number of nitrogens with two attached hydrogens (primary N) is 1. The molecule has 2 saturated carbocycles. The second kappa shape index (κ2) is 9.87. The molecule has 2 aromatic carbocycles. The number of hydrogen-bond acceptors (Lipinski definition) is 5. The molecule has 8 nitrogen and oxygen atoms in total. The summed E-state index contributed by atoms with van der Waals surface area (Å²) in [5.41, 5.74) is 6.08. The SMILES string of the molecule is CCCc1c(C2CCCC2)c2ccc(C(=O)NC3(c4nc5cc6c(C)c(C(=O)O)sc6cc5n4C)CCC3)cc2n1N. The molecular weight excluding hydrogens is 546 g/mol. The number of nitrogens with one attached hydrogen (secondary N) is 1. The first-order chi connectivity index (χ1) is 20.2. The van der Waals surface area contributed by atoms with E-state index in [1.807, 2.05) is 42.9 Å². The summed E-state index contributed by atoms with van der Waals surface area (Å²) < 4.78 is 4.82. The van der Waals surface area contributed by atoms with E-state index in [9.17, 15) is 14.7 Å². The van der Waals surface area contributed by atoms with Crippen LogP contribution in [0.4, 0.5) is 0 Å². The number of carbonyl (C=O) groups excluding carboxylic acids is 1. The van der Waals surface area contributed by atoms with Crippen LogP contribution in [0, 0.1) is 6.92 Å². The van der Waals surface area contributed by atoms with Crippen molar-refractivity contribution in [3.05, 3.63) is 63.4 Å². The number of fused-ring (bicyclic) bond motifs is 3. The number of carbonyl (C=O) groups is 2. The summed E-state index contributed by atoms with van der Waals surface area (Å²) in [5.74, 6) is 7.05. The van der Waals surface area contributed by atoms with Gasteiger partial charge in [-0.3, -0.25) is 9.47 Å². The molecule has 4 N–H and O–H groups in total. The van der Waals surface area contributed by atoms with E-state index in [4.69, 9.17) is 10.8 Å². The third-order valence-electron chi connectivity index (χ3n) is 9.78. The number of rotatable bonds is 7. The Hall–Kier alpha value is -3.85. The Balaban J connectivity index is 1.24. The number of thiophene rings is 1. The Morgan fingerprint density at radius 1 is 1.12 bits per heavy atom. The molecule has 2 aliphatic carbocycles. The van der Waals surface area contributed by atoms with Crippen LogP contribution in [0.1, 0.15) is 107 Å². The Labute approximate surface area is 248 Å². The topological polar surface area (TPSA) is 115 Å². The number of nitrogens with zero attached hydrogens (tertiary/aromatic N) is 3. The summed E-state index contributed by atoms with van der Waals surface area (Å²) in [4.78, 5) is 30.9. The maximum Gasteiger partial charge on any atom is 0.346 e. The maximum absolute atomic E-state index is 13.8. The van der Waals surface area contributed by atoms with Gasteiger partial charge in [-0.25, -0.2) is 9.78 Å². The Bertz CT molecular complexity index is 1900. The normalized spacial score (nSPS) is 16.9. The summed E-state index contributed by atoms with van der Waals surface area (Å²) in [7, 11) is 1.98. The van der Waals surface area contributed by atoms with E-state index in [1.54, 1.807) is 0 Å². The van der Waals surface area contributed by atoms with Crippen molar-refractivity contribution in [1.82, 2.24) is 19.5 Å². The average Bonchev–Trinajstić information content (AvgIpc) is 3.72. The highest BCUT2D eigenvalue weighted by Gasteiger charge is 2.44. The van der Waals surface area contributed by atoms with Gasteiger partial charge in [0.25, 0.3) is 5.91 Å². The quantitative estimate of drug-likeness (QED) is 0.181. The largest absolute Gasteiger partial charge is 0.477 e. The lowest BCUT2D eigenvalue weighted by atomic mass is 9.75. The third kappa shape index (κ3) is 3.96. The molecular formula is C33H37N5O3S. The van der Waals surface area contributed by atoms with Crippen LogP contribution in [-0.2, 0) is 19.0 Å². The second-order valence-electron chi connectivity index (χ2n) is 12.3. The van der Waals surface area contributed by atoms with Crippen LogP contribution in [0.5, 0.6) is 0 Å². The van der Waals surface area contributed by atoms with Gasteiger partial charge in [-0.2, -0.15) is 0 Å². The maximum atomic E-state index is 13.8. The van der Waals surface area contributed by atoms with Gasteiger partial charge in [0, 0.05) is 28.4 Å². The number of carboxylic acid groups (broad SMARTS) is 1. The third-order valence-corrected chi connectivity index (χ3v) is 11.0. The van der Waals surface area contributed by atoms with Crippen LogP contribution in [-0.4, -0.2) is 31.2 Å². The molecule has 2 aliphatic rings. The van der Waals surface area contributed by atoms with Crippen LogP contribution in [0.15, 0.2) is 30.3 Å². The van der Waals surface area contributed by atoms with E-state index in [-0.39, 0.29) is 5.91 Å². The smallest absolute Gasteiger partial charge is 0.346 e. The predicted octanol–water partition coefficient (Wildman–Crippen LogP) is 6.88. The molecule has 0 atom stereocenters. The second-order valence-corrected chi connectivity index (χ2v) is 13.3. The van der Waals surface area contributed by atoms with E-state index in [0.29, 0.717) is 16.4 Å². The molecule has 0 bridgehead atoms. The van der Waals surface area contributed by atoms with Gasteiger partial charge in [0.2, 0.25) is 0 Å². The van der Waals surface area contributed by atoms with Crippen molar-refractivity contribution in [2.24, 2.45) is 7.05 Å². The summed E-state index contributed by atoms with van der Waals surface area (Å²) in [5, 5.41) is 15.0. The van der Waals surface area contributed by atoms with Gasteiger partial charge < -0.3 is 20.8 Å². The first kappa shape index (κ1) is 27.0. The van der Waals surface area contributed by atoms with Crippen molar-refractivity contribution in [2.45, 2.75) is 83.1 Å². The molecule has 7 rings (SSSR count). The van der Waals surface area contributed by atoms with E-state index >= 15 is 0 Å². The fourth-order valence-corrected chi connectivity index (χ4v) is 8.52. The van der Waals surface area contributed by atoms with Gasteiger partial charge in [0.05, 0.1) is 22.1 Å². The van der Waals surface area contributed by atoms with E-state index < -0.39 is 11.5 Å². The molecule has 0 unspecified atom stereocenters. The summed E-state index contributed by atoms with van der Waals surface area (Å²) in [6.45, 7) is 4.04. The molecule has 2 fully saturated rings. The summed E-state index contributed by atoms with van der Waals surface area (Å²) in [6.07, 6.45) is 9.54. The van der Waals surface area contributed by atoms with Crippen molar-refractivity contribution in [3.8, 4) is 0 Å². The summed E-state index contributed by atoms with van der Waals surface area (Å²) >= 11 is 1.29. The lowest BCUT2D eigenvalue weighted by molar-refractivity contribution is 0.0700. The van der Waals surface area contributed by atoms with Crippen molar-refractivity contribution in [3.63, 3.8) is 0 Å². The highest BCUT2D eigenvalue weighted by atomic mass is 32.1. The molecule has 0 spiro atoms.